The van der Waals surface area contributed by atoms with Crippen LogP contribution in [0, 0.1) is 12.7 Å². The molecule has 0 saturated carbocycles. The highest BCUT2D eigenvalue weighted by molar-refractivity contribution is 7.89. The number of H-pyrrole nitrogens is 1. The normalized spacial score (nSPS) is 11.7. The highest BCUT2D eigenvalue weighted by atomic mass is 32.2. The predicted molar refractivity (Wildman–Crippen MR) is 70.8 cm³/mol. The van der Waals surface area contributed by atoms with Crippen molar-refractivity contribution in [1.82, 2.24) is 19.9 Å². The van der Waals surface area contributed by atoms with E-state index in [9.17, 15) is 12.8 Å². The molecule has 20 heavy (non-hydrogen) atoms. The van der Waals surface area contributed by atoms with Crippen molar-refractivity contribution in [2.24, 2.45) is 0 Å². The van der Waals surface area contributed by atoms with Gasteiger partial charge in [0.2, 0.25) is 10.0 Å². The Morgan fingerprint density at radius 2 is 2.20 bits per heavy atom. The average molecular weight is 299 g/mol. The maximum atomic E-state index is 13.7. The van der Waals surface area contributed by atoms with Gasteiger partial charge in [-0.2, -0.15) is 5.10 Å². The Kier molecular flexibility index (Phi) is 4.00. The number of nitrogens with zero attached hydrogens (tertiary/aromatic N) is 2. The minimum atomic E-state index is -3.95. The first kappa shape index (κ1) is 14.4. The molecule has 108 valence electrons. The fourth-order valence-electron chi connectivity index (χ4n) is 1.61. The van der Waals surface area contributed by atoms with E-state index in [2.05, 4.69) is 19.9 Å². The van der Waals surface area contributed by atoms with Crippen molar-refractivity contribution in [2.45, 2.75) is 18.2 Å². The van der Waals surface area contributed by atoms with Gasteiger partial charge in [-0.3, -0.25) is 5.10 Å². The van der Waals surface area contributed by atoms with Gasteiger partial charge in [-0.05, 0) is 24.6 Å². The molecule has 0 fully saturated rings. The molecule has 0 aliphatic heterocycles. The number of nitrogens with one attached hydrogen (secondary N) is 2. The lowest BCUT2D eigenvalue weighted by atomic mass is 10.2. The largest absolute Gasteiger partial charge is 0.398 e. The Hall–Kier alpha value is -2.00. The third-order valence-corrected chi connectivity index (χ3v) is 4.20. The third-order valence-electron chi connectivity index (χ3n) is 2.73. The maximum Gasteiger partial charge on any atom is 0.243 e. The van der Waals surface area contributed by atoms with Gasteiger partial charge in [-0.15, -0.1) is 0 Å². The Labute approximate surface area is 115 Å². The van der Waals surface area contributed by atoms with Crippen molar-refractivity contribution in [2.75, 3.05) is 12.3 Å². The molecule has 4 N–H and O–H groups in total. The standard InChI is InChI=1S/C11H14FN5O2S/c1-7-4-8(12)10(5-9(7)13)20(18,19)16-3-2-11-14-6-15-17-11/h4-6,16H,2-3,13H2,1H3,(H,14,15,17). The average Bonchev–Trinajstić information content (AvgIpc) is 2.86. The van der Waals surface area contributed by atoms with Gasteiger partial charge >= 0.3 is 0 Å². The van der Waals surface area contributed by atoms with Gasteiger partial charge < -0.3 is 5.73 Å². The zero-order chi connectivity index (χ0) is 14.8. The molecule has 0 aliphatic rings. The zero-order valence-corrected chi connectivity index (χ0v) is 11.5. The smallest absolute Gasteiger partial charge is 0.243 e. The Morgan fingerprint density at radius 1 is 1.45 bits per heavy atom. The zero-order valence-electron chi connectivity index (χ0n) is 10.7. The number of anilines is 1. The van der Waals surface area contributed by atoms with Gasteiger partial charge in [-0.25, -0.2) is 22.5 Å². The first-order valence-corrected chi connectivity index (χ1v) is 7.28. The Bertz CT molecular complexity index is 700. The molecule has 9 heteroatoms. The molecule has 0 atom stereocenters. The van der Waals surface area contributed by atoms with Crippen molar-refractivity contribution in [1.29, 1.82) is 0 Å². The molecule has 0 amide bonds. The Morgan fingerprint density at radius 3 is 2.85 bits per heavy atom. The van der Waals surface area contributed by atoms with Gasteiger partial charge in [-0.1, -0.05) is 0 Å². The molecule has 7 nitrogen and oxygen atoms in total. The number of aryl methyl sites for hydroxylation is 1. The summed E-state index contributed by atoms with van der Waals surface area (Å²) in [7, 11) is -3.95. The number of hydrogen-bond donors (Lipinski definition) is 3. The lowest BCUT2D eigenvalue weighted by Gasteiger charge is -2.09. The second-order valence-corrected chi connectivity index (χ2v) is 5.95. The van der Waals surface area contributed by atoms with E-state index in [-0.39, 0.29) is 12.2 Å². The van der Waals surface area contributed by atoms with Crippen LogP contribution in [-0.2, 0) is 16.4 Å². The second-order valence-electron chi connectivity index (χ2n) is 4.22. The number of rotatable bonds is 5. The van der Waals surface area contributed by atoms with E-state index in [1.165, 1.54) is 6.33 Å². The summed E-state index contributed by atoms with van der Waals surface area (Å²) in [5.74, 6) is -0.291. The van der Waals surface area contributed by atoms with Crippen LogP contribution in [0.3, 0.4) is 0 Å². The Balaban J connectivity index is 2.12. The van der Waals surface area contributed by atoms with Crippen LogP contribution in [0.15, 0.2) is 23.4 Å². The lowest BCUT2D eigenvalue weighted by molar-refractivity contribution is 0.556. The third kappa shape index (κ3) is 3.11. The SMILES string of the molecule is Cc1cc(F)c(S(=O)(=O)NCCc2ncn[nH]2)cc1N. The van der Waals surface area contributed by atoms with Crippen LogP contribution in [0.1, 0.15) is 11.4 Å². The van der Waals surface area contributed by atoms with Crippen molar-refractivity contribution in [3.05, 3.63) is 35.7 Å². The fraction of sp³-hybridized carbons (Fsp3) is 0.273. The molecule has 1 aromatic heterocycles. The topological polar surface area (TPSA) is 114 Å². The van der Waals surface area contributed by atoms with Gasteiger partial charge in [0.25, 0.3) is 0 Å². The summed E-state index contributed by atoms with van der Waals surface area (Å²) in [4.78, 5) is 3.40. The van der Waals surface area contributed by atoms with Crippen LogP contribution in [0.4, 0.5) is 10.1 Å². The molecule has 2 aromatic rings. The van der Waals surface area contributed by atoms with Crippen molar-refractivity contribution < 1.29 is 12.8 Å². The van der Waals surface area contributed by atoms with E-state index in [1.807, 2.05) is 0 Å². The molecule has 1 heterocycles. The van der Waals surface area contributed by atoms with Gasteiger partial charge in [0.15, 0.2) is 0 Å². The molecule has 0 saturated heterocycles. The number of aromatic amines is 1. The summed E-state index contributed by atoms with van der Waals surface area (Å²) in [5.41, 5.74) is 6.32. The highest BCUT2D eigenvalue weighted by Gasteiger charge is 2.20. The molecular weight excluding hydrogens is 285 g/mol. The molecule has 0 radical (unpaired) electrons. The van der Waals surface area contributed by atoms with Crippen molar-refractivity contribution in [3.8, 4) is 0 Å². The van der Waals surface area contributed by atoms with E-state index in [0.717, 1.165) is 12.1 Å². The fourth-order valence-corrected chi connectivity index (χ4v) is 2.73. The second kappa shape index (κ2) is 5.55. The summed E-state index contributed by atoms with van der Waals surface area (Å²) in [6.45, 7) is 1.68. The molecule has 0 bridgehead atoms. The molecule has 0 aliphatic carbocycles. The lowest BCUT2D eigenvalue weighted by Crippen LogP contribution is -2.27. The number of aromatic nitrogens is 3. The summed E-state index contributed by atoms with van der Waals surface area (Å²) in [6.07, 6.45) is 1.65. The summed E-state index contributed by atoms with van der Waals surface area (Å²) in [6, 6.07) is 2.21. The van der Waals surface area contributed by atoms with Crippen LogP contribution in [0.5, 0.6) is 0 Å². The summed E-state index contributed by atoms with van der Waals surface area (Å²) >= 11 is 0. The van der Waals surface area contributed by atoms with E-state index in [4.69, 9.17) is 5.73 Å². The van der Waals surface area contributed by atoms with Gasteiger partial charge in [0.05, 0.1) is 0 Å². The van der Waals surface area contributed by atoms with Crippen molar-refractivity contribution in [3.63, 3.8) is 0 Å². The molecule has 1 aromatic carbocycles. The molecule has 0 unspecified atom stereocenters. The van der Waals surface area contributed by atoms with Crippen LogP contribution in [0.25, 0.3) is 0 Å². The first-order chi connectivity index (χ1) is 9.40. The van der Waals surface area contributed by atoms with Crippen LogP contribution < -0.4 is 10.5 Å². The van der Waals surface area contributed by atoms with E-state index < -0.39 is 20.7 Å². The number of benzene rings is 1. The van der Waals surface area contributed by atoms with Crippen LogP contribution >= 0.6 is 0 Å². The molecule has 0 spiro atoms. The van der Waals surface area contributed by atoms with E-state index in [0.29, 0.717) is 17.8 Å². The number of halogens is 1. The first-order valence-electron chi connectivity index (χ1n) is 5.79. The van der Waals surface area contributed by atoms with E-state index >= 15 is 0 Å². The summed E-state index contributed by atoms with van der Waals surface area (Å²) in [5, 5.41) is 6.24. The monoisotopic (exact) mass is 299 g/mol. The quantitative estimate of drug-likeness (QED) is 0.690. The minimum absolute atomic E-state index is 0.0742. The maximum absolute atomic E-state index is 13.7. The van der Waals surface area contributed by atoms with Crippen LogP contribution in [0.2, 0.25) is 0 Å². The number of nitrogen functional groups attached to an aromatic ring is 1. The van der Waals surface area contributed by atoms with Gasteiger partial charge in [0.1, 0.15) is 22.9 Å². The van der Waals surface area contributed by atoms with Crippen LogP contribution in [-0.4, -0.2) is 30.1 Å². The van der Waals surface area contributed by atoms with E-state index in [1.54, 1.807) is 6.92 Å². The minimum Gasteiger partial charge on any atom is -0.398 e. The number of sulfonamides is 1. The highest BCUT2D eigenvalue weighted by Crippen LogP contribution is 2.21. The molecule has 2 rings (SSSR count). The predicted octanol–water partition coefficient (Wildman–Crippen LogP) is 0.355. The number of hydrogen-bond acceptors (Lipinski definition) is 5. The van der Waals surface area contributed by atoms with Gasteiger partial charge in [0, 0.05) is 18.7 Å². The molecular formula is C11H14FN5O2S. The summed E-state index contributed by atoms with van der Waals surface area (Å²) < 4.78 is 40.0. The number of nitrogens with two attached hydrogens (primary N) is 1. The van der Waals surface area contributed by atoms with Crippen molar-refractivity contribution >= 4 is 15.7 Å².